The van der Waals surface area contributed by atoms with E-state index in [-0.39, 0.29) is 0 Å². The Bertz CT molecular complexity index is 408. The van der Waals surface area contributed by atoms with Gasteiger partial charge in [0.2, 0.25) is 5.88 Å². The maximum absolute atomic E-state index is 5.85. The first-order valence-corrected chi connectivity index (χ1v) is 7.24. The van der Waals surface area contributed by atoms with Crippen molar-refractivity contribution in [3.05, 3.63) is 11.9 Å². The van der Waals surface area contributed by atoms with Gasteiger partial charge in [-0.05, 0) is 39.3 Å². The molecule has 1 fully saturated rings. The Kier molecular flexibility index (Phi) is 6.01. The van der Waals surface area contributed by atoms with Gasteiger partial charge in [0.1, 0.15) is 11.6 Å². The fourth-order valence-corrected chi connectivity index (χ4v) is 2.24. The second kappa shape index (κ2) is 8.01. The number of piperidine rings is 1. The molecule has 0 bridgehead atoms. The van der Waals surface area contributed by atoms with Crippen LogP contribution in [0.5, 0.6) is 5.88 Å². The molecule has 20 heavy (non-hydrogen) atoms. The van der Waals surface area contributed by atoms with Crippen LogP contribution in [0.25, 0.3) is 0 Å². The van der Waals surface area contributed by atoms with Crippen LogP contribution in [-0.4, -0.2) is 49.4 Å². The van der Waals surface area contributed by atoms with Crippen molar-refractivity contribution in [3.63, 3.8) is 0 Å². The topological polar surface area (TPSA) is 68.3 Å². The minimum absolute atomic E-state index is 0.428. The van der Waals surface area contributed by atoms with Gasteiger partial charge < -0.3 is 20.1 Å². The summed E-state index contributed by atoms with van der Waals surface area (Å²) in [6, 6.07) is 1.81. The number of hydrogen-bond acceptors (Lipinski definition) is 6. The minimum Gasteiger partial charge on any atom is -0.481 e. The summed E-state index contributed by atoms with van der Waals surface area (Å²) in [4.78, 5) is 8.47. The third-order valence-corrected chi connectivity index (χ3v) is 3.29. The minimum atomic E-state index is 0.428. The lowest BCUT2D eigenvalue weighted by atomic mass is 10.1. The first kappa shape index (κ1) is 15.0. The van der Waals surface area contributed by atoms with E-state index in [0.717, 1.165) is 51.3 Å². The van der Waals surface area contributed by atoms with E-state index in [9.17, 15) is 0 Å². The van der Waals surface area contributed by atoms with Gasteiger partial charge in [0.25, 0.3) is 0 Å². The van der Waals surface area contributed by atoms with E-state index >= 15 is 0 Å². The molecule has 0 aliphatic carbocycles. The number of methoxy groups -OCH3 is 1. The van der Waals surface area contributed by atoms with Crippen LogP contribution >= 0.6 is 0 Å². The predicted molar refractivity (Wildman–Crippen MR) is 78.3 cm³/mol. The smallest absolute Gasteiger partial charge is 0.218 e. The van der Waals surface area contributed by atoms with Gasteiger partial charge in [-0.1, -0.05) is 0 Å². The molecule has 0 saturated carbocycles. The average Bonchev–Trinajstić information content (AvgIpc) is 2.47. The quantitative estimate of drug-likeness (QED) is 0.735. The molecule has 1 aliphatic heterocycles. The molecule has 1 saturated heterocycles. The van der Waals surface area contributed by atoms with Crippen LogP contribution < -0.4 is 15.4 Å². The van der Waals surface area contributed by atoms with E-state index in [1.54, 1.807) is 13.2 Å². The number of aromatic nitrogens is 2. The highest BCUT2D eigenvalue weighted by Gasteiger charge is 2.12. The van der Waals surface area contributed by atoms with Gasteiger partial charge in [0.15, 0.2) is 0 Å². The fourth-order valence-electron chi connectivity index (χ4n) is 2.24. The Morgan fingerprint density at radius 2 is 2.15 bits per heavy atom. The Labute approximate surface area is 120 Å². The van der Waals surface area contributed by atoms with Crippen LogP contribution in [0.4, 0.5) is 5.82 Å². The van der Waals surface area contributed by atoms with Crippen molar-refractivity contribution in [2.24, 2.45) is 0 Å². The van der Waals surface area contributed by atoms with Gasteiger partial charge in [0, 0.05) is 19.2 Å². The van der Waals surface area contributed by atoms with Crippen LogP contribution in [0.2, 0.25) is 0 Å². The number of ether oxygens (including phenoxy) is 2. The fraction of sp³-hybridized carbons (Fsp3) is 0.714. The lowest BCUT2D eigenvalue weighted by Gasteiger charge is -2.22. The number of hydrogen-bond donors (Lipinski definition) is 2. The summed E-state index contributed by atoms with van der Waals surface area (Å²) in [5, 5.41) is 6.61. The lowest BCUT2D eigenvalue weighted by Crippen LogP contribution is -2.32. The van der Waals surface area contributed by atoms with E-state index in [0.29, 0.717) is 17.8 Å². The number of nitrogens with one attached hydrogen (secondary N) is 2. The Balaban J connectivity index is 1.64. The molecule has 0 atom stereocenters. The SMILES string of the molecule is COc1cc(NCCCOC2CCNCC2)nc(C)n1. The van der Waals surface area contributed by atoms with Gasteiger partial charge in [0.05, 0.1) is 13.2 Å². The summed E-state index contributed by atoms with van der Waals surface area (Å²) >= 11 is 0. The zero-order chi connectivity index (χ0) is 14.2. The number of rotatable bonds is 7. The van der Waals surface area contributed by atoms with Crippen molar-refractivity contribution in [1.29, 1.82) is 0 Å². The third kappa shape index (κ3) is 4.94. The Morgan fingerprint density at radius 3 is 2.90 bits per heavy atom. The molecule has 2 N–H and O–H groups in total. The molecular weight excluding hydrogens is 256 g/mol. The monoisotopic (exact) mass is 280 g/mol. The molecule has 0 radical (unpaired) electrons. The van der Waals surface area contributed by atoms with Crippen molar-refractivity contribution in [2.45, 2.75) is 32.3 Å². The van der Waals surface area contributed by atoms with Crippen molar-refractivity contribution >= 4 is 5.82 Å². The molecule has 0 amide bonds. The highest BCUT2D eigenvalue weighted by Crippen LogP contribution is 2.12. The number of aryl methyl sites for hydroxylation is 1. The molecule has 6 heteroatoms. The Hall–Kier alpha value is -1.40. The van der Waals surface area contributed by atoms with Crippen molar-refractivity contribution in [2.75, 3.05) is 38.7 Å². The third-order valence-electron chi connectivity index (χ3n) is 3.29. The average molecular weight is 280 g/mol. The van der Waals surface area contributed by atoms with Gasteiger partial charge in [-0.25, -0.2) is 4.98 Å². The lowest BCUT2D eigenvalue weighted by molar-refractivity contribution is 0.0329. The van der Waals surface area contributed by atoms with E-state index in [1.807, 2.05) is 6.92 Å². The standard InChI is InChI=1S/C14H24N4O2/c1-11-17-13(10-14(18-11)19-2)16-6-3-9-20-12-4-7-15-8-5-12/h10,12,15H,3-9H2,1-2H3,(H,16,17,18). The van der Waals surface area contributed by atoms with Crippen molar-refractivity contribution in [1.82, 2.24) is 15.3 Å². The number of nitrogens with zero attached hydrogens (tertiary/aromatic N) is 2. The molecule has 2 rings (SSSR count). The van der Waals surface area contributed by atoms with Gasteiger partial charge in [-0.3, -0.25) is 0 Å². The van der Waals surface area contributed by atoms with Crippen LogP contribution in [0.15, 0.2) is 6.07 Å². The Morgan fingerprint density at radius 1 is 1.35 bits per heavy atom. The second-order valence-corrected chi connectivity index (χ2v) is 4.94. The van der Waals surface area contributed by atoms with Crippen LogP contribution in [0.1, 0.15) is 25.1 Å². The summed E-state index contributed by atoms with van der Waals surface area (Å²) in [5.41, 5.74) is 0. The van der Waals surface area contributed by atoms with Gasteiger partial charge in [-0.15, -0.1) is 0 Å². The highest BCUT2D eigenvalue weighted by atomic mass is 16.5. The summed E-state index contributed by atoms with van der Waals surface area (Å²) < 4.78 is 11.0. The molecule has 2 heterocycles. The molecule has 112 valence electrons. The summed E-state index contributed by atoms with van der Waals surface area (Å²) in [6.45, 7) is 5.63. The maximum Gasteiger partial charge on any atom is 0.218 e. The van der Waals surface area contributed by atoms with Crippen LogP contribution in [-0.2, 0) is 4.74 Å². The van der Waals surface area contributed by atoms with Gasteiger partial charge >= 0.3 is 0 Å². The van der Waals surface area contributed by atoms with E-state index < -0.39 is 0 Å². The van der Waals surface area contributed by atoms with Crippen molar-refractivity contribution in [3.8, 4) is 5.88 Å². The summed E-state index contributed by atoms with van der Waals surface area (Å²) in [5.74, 6) is 2.10. The summed E-state index contributed by atoms with van der Waals surface area (Å²) in [6.07, 6.45) is 3.64. The molecule has 6 nitrogen and oxygen atoms in total. The molecule has 0 unspecified atom stereocenters. The van der Waals surface area contributed by atoms with Crippen molar-refractivity contribution < 1.29 is 9.47 Å². The largest absolute Gasteiger partial charge is 0.481 e. The van der Waals surface area contributed by atoms with Crippen LogP contribution in [0, 0.1) is 6.92 Å². The van der Waals surface area contributed by atoms with E-state index in [4.69, 9.17) is 9.47 Å². The first-order chi connectivity index (χ1) is 9.78. The van der Waals surface area contributed by atoms with Crippen LogP contribution in [0.3, 0.4) is 0 Å². The second-order valence-electron chi connectivity index (χ2n) is 4.94. The predicted octanol–water partition coefficient (Wildman–Crippen LogP) is 1.36. The molecule has 0 aromatic carbocycles. The zero-order valence-corrected chi connectivity index (χ0v) is 12.3. The molecule has 1 aromatic heterocycles. The first-order valence-electron chi connectivity index (χ1n) is 7.24. The maximum atomic E-state index is 5.85. The molecule has 1 aliphatic rings. The summed E-state index contributed by atoms with van der Waals surface area (Å²) in [7, 11) is 1.61. The molecular formula is C14H24N4O2. The molecule has 0 spiro atoms. The highest BCUT2D eigenvalue weighted by molar-refractivity contribution is 5.38. The van der Waals surface area contributed by atoms with E-state index in [1.165, 1.54) is 0 Å². The zero-order valence-electron chi connectivity index (χ0n) is 12.3. The van der Waals surface area contributed by atoms with Gasteiger partial charge in [-0.2, -0.15) is 4.98 Å². The van der Waals surface area contributed by atoms with E-state index in [2.05, 4.69) is 20.6 Å². The normalized spacial score (nSPS) is 16.1. The number of anilines is 1. The molecule has 1 aromatic rings.